The third-order valence-corrected chi connectivity index (χ3v) is 1.85. The van der Waals surface area contributed by atoms with E-state index < -0.39 is 7.12 Å². The molecule has 1 aromatic rings. The first kappa shape index (κ1) is 10.8. The second-order valence-electron chi connectivity index (χ2n) is 2.81. The van der Waals surface area contributed by atoms with Gasteiger partial charge in [0.15, 0.2) is 0 Å². The summed E-state index contributed by atoms with van der Waals surface area (Å²) in [6.45, 7) is 6.09. The standard InChI is InChI=1S/C10H13BO3/c1-3-8-7-9(11(12)13)5-6-10(8)14-4-2/h3,5-7,12-13H,1,4H2,2H3. The van der Waals surface area contributed by atoms with Gasteiger partial charge in [-0.1, -0.05) is 24.8 Å². The smallest absolute Gasteiger partial charge is 0.488 e. The van der Waals surface area contributed by atoms with E-state index in [0.717, 1.165) is 5.56 Å². The first-order valence-electron chi connectivity index (χ1n) is 4.44. The van der Waals surface area contributed by atoms with Crippen molar-refractivity contribution in [3.63, 3.8) is 0 Å². The van der Waals surface area contributed by atoms with Crippen LogP contribution in [0, 0.1) is 0 Å². The molecule has 0 amide bonds. The molecule has 2 N–H and O–H groups in total. The van der Waals surface area contributed by atoms with Gasteiger partial charge in [-0.15, -0.1) is 0 Å². The Morgan fingerprint density at radius 3 is 2.71 bits per heavy atom. The number of benzene rings is 1. The molecule has 0 atom stereocenters. The van der Waals surface area contributed by atoms with Gasteiger partial charge in [-0.05, 0) is 18.5 Å². The van der Waals surface area contributed by atoms with Crippen LogP contribution in [0.5, 0.6) is 5.75 Å². The molecule has 0 aliphatic carbocycles. The van der Waals surface area contributed by atoms with Gasteiger partial charge in [-0.2, -0.15) is 0 Å². The molecule has 0 aromatic heterocycles. The van der Waals surface area contributed by atoms with E-state index in [-0.39, 0.29) is 0 Å². The van der Waals surface area contributed by atoms with Crippen LogP contribution in [0.15, 0.2) is 24.8 Å². The van der Waals surface area contributed by atoms with E-state index in [1.807, 2.05) is 6.92 Å². The Morgan fingerprint density at radius 1 is 1.50 bits per heavy atom. The van der Waals surface area contributed by atoms with Gasteiger partial charge < -0.3 is 14.8 Å². The topological polar surface area (TPSA) is 49.7 Å². The summed E-state index contributed by atoms with van der Waals surface area (Å²) in [4.78, 5) is 0. The summed E-state index contributed by atoms with van der Waals surface area (Å²) in [5.74, 6) is 0.701. The molecule has 1 rings (SSSR count). The average Bonchev–Trinajstić information content (AvgIpc) is 2.18. The van der Waals surface area contributed by atoms with Crippen molar-refractivity contribution in [1.29, 1.82) is 0 Å². The zero-order chi connectivity index (χ0) is 10.6. The fourth-order valence-corrected chi connectivity index (χ4v) is 1.17. The molecule has 4 heteroatoms. The molecule has 1 aromatic carbocycles. The van der Waals surface area contributed by atoms with Crippen LogP contribution in [0.4, 0.5) is 0 Å². The molecule has 0 radical (unpaired) electrons. The Balaban J connectivity index is 3.04. The summed E-state index contributed by atoms with van der Waals surface area (Å²) in [6, 6.07) is 4.96. The quantitative estimate of drug-likeness (QED) is 0.679. The van der Waals surface area contributed by atoms with Gasteiger partial charge in [0.2, 0.25) is 0 Å². The molecule has 0 bridgehead atoms. The Morgan fingerprint density at radius 2 is 2.21 bits per heavy atom. The predicted octanol–water partition coefficient (Wildman–Crippen LogP) is 0.408. The zero-order valence-corrected chi connectivity index (χ0v) is 8.10. The molecule has 0 heterocycles. The highest BCUT2D eigenvalue weighted by molar-refractivity contribution is 6.58. The van der Waals surface area contributed by atoms with Crippen LogP contribution >= 0.6 is 0 Å². The van der Waals surface area contributed by atoms with E-state index in [2.05, 4.69) is 6.58 Å². The number of ether oxygens (including phenoxy) is 1. The Labute approximate surface area is 83.8 Å². The number of rotatable bonds is 4. The van der Waals surface area contributed by atoms with Crippen molar-refractivity contribution in [2.75, 3.05) is 6.61 Å². The Bertz CT molecular complexity index is 323. The first-order valence-corrected chi connectivity index (χ1v) is 4.44. The van der Waals surface area contributed by atoms with E-state index in [9.17, 15) is 0 Å². The van der Waals surface area contributed by atoms with Crippen LogP contribution in [-0.4, -0.2) is 23.8 Å². The molecular formula is C10H13BO3. The van der Waals surface area contributed by atoms with Crippen molar-refractivity contribution in [2.45, 2.75) is 6.92 Å². The lowest BCUT2D eigenvalue weighted by Crippen LogP contribution is -2.29. The van der Waals surface area contributed by atoms with Crippen LogP contribution in [0.25, 0.3) is 6.08 Å². The van der Waals surface area contributed by atoms with Crippen LogP contribution in [0.3, 0.4) is 0 Å². The van der Waals surface area contributed by atoms with Gasteiger partial charge >= 0.3 is 7.12 Å². The highest BCUT2D eigenvalue weighted by Crippen LogP contribution is 2.17. The van der Waals surface area contributed by atoms with E-state index in [1.54, 1.807) is 24.3 Å². The minimum atomic E-state index is -1.45. The monoisotopic (exact) mass is 192 g/mol. The van der Waals surface area contributed by atoms with Crippen LogP contribution in [-0.2, 0) is 0 Å². The molecule has 0 unspecified atom stereocenters. The maximum Gasteiger partial charge on any atom is 0.488 e. The fraction of sp³-hybridized carbons (Fsp3) is 0.200. The van der Waals surface area contributed by atoms with Gasteiger partial charge in [-0.25, -0.2) is 0 Å². The molecule has 0 saturated carbocycles. The van der Waals surface area contributed by atoms with Crippen molar-refractivity contribution in [2.24, 2.45) is 0 Å². The number of hydrogen-bond donors (Lipinski definition) is 2. The highest BCUT2D eigenvalue weighted by Gasteiger charge is 2.12. The molecule has 0 saturated heterocycles. The predicted molar refractivity (Wildman–Crippen MR) is 57.5 cm³/mol. The van der Waals surface area contributed by atoms with Crippen molar-refractivity contribution < 1.29 is 14.8 Å². The molecule has 0 spiro atoms. The van der Waals surface area contributed by atoms with Crippen molar-refractivity contribution >= 4 is 18.7 Å². The lowest BCUT2D eigenvalue weighted by Gasteiger charge is -2.08. The van der Waals surface area contributed by atoms with Gasteiger partial charge in [-0.3, -0.25) is 0 Å². The summed E-state index contributed by atoms with van der Waals surface area (Å²) in [5, 5.41) is 17.9. The molecule has 74 valence electrons. The summed E-state index contributed by atoms with van der Waals surface area (Å²) in [5.41, 5.74) is 1.20. The van der Waals surface area contributed by atoms with Crippen LogP contribution < -0.4 is 10.2 Å². The minimum Gasteiger partial charge on any atom is -0.493 e. The maximum absolute atomic E-state index is 8.94. The molecule has 0 aliphatic rings. The Hall–Kier alpha value is -1.26. The fourth-order valence-electron chi connectivity index (χ4n) is 1.17. The van der Waals surface area contributed by atoms with Gasteiger partial charge in [0, 0.05) is 5.56 Å². The highest BCUT2D eigenvalue weighted by atomic mass is 16.5. The summed E-state index contributed by atoms with van der Waals surface area (Å²) in [7, 11) is -1.45. The lowest BCUT2D eigenvalue weighted by atomic mass is 9.79. The molecule has 14 heavy (non-hydrogen) atoms. The third-order valence-electron chi connectivity index (χ3n) is 1.85. The molecule has 0 aliphatic heterocycles. The van der Waals surface area contributed by atoms with E-state index in [0.29, 0.717) is 17.8 Å². The van der Waals surface area contributed by atoms with Crippen molar-refractivity contribution in [1.82, 2.24) is 0 Å². The first-order chi connectivity index (χ1) is 6.69. The second kappa shape index (κ2) is 4.84. The van der Waals surface area contributed by atoms with E-state index >= 15 is 0 Å². The average molecular weight is 192 g/mol. The Kier molecular flexibility index (Phi) is 3.74. The molecular weight excluding hydrogens is 179 g/mol. The molecule has 0 fully saturated rings. The SMILES string of the molecule is C=Cc1cc(B(O)O)ccc1OCC. The lowest BCUT2D eigenvalue weighted by molar-refractivity contribution is 0.339. The van der Waals surface area contributed by atoms with Gasteiger partial charge in [0.25, 0.3) is 0 Å². The largest absolute Gasteiger partial charge is 0.493 e. The maximum atomic E-state index is 8.94. The third kappa shape index (κ3) is 2.37. The summed E-state index contributed by atoms with van der Waals surface area (Å²) >= 11 is 0. The minimum absolute atomic E-state index is 0.434. The van der Waals surface area contributed by atoms with Crippen molar-refractivity contribution in [3.05, 3.63) is 30.3 Å². The molecule has 3 nitrogen and oxygen atoms in total. The van der Waals surface area contributed by atoms with Crippen LogP contribution in [0.1, 0.15) is 12.5 Å². The van der Waals surface area contributed by atoms with Gasteiger partial charge in [0.1, 0.15) is 5.75 Å². The van der Waals surface area contributed by atoms with E-state index in [1.165, 1.54) is 0 Å². The normalized spacial score (nSPS) is 9.64. The zero-order valence-electron chi connectivity index (χ0n) is 8.10. The summed E-state index contributed by atoms with van der Waals surface area (Å²) < 4.78 is 5.33. The van der Waals surface area contributed by atoms with E-state index in [4.69, 9.17) is 14.8 Å². The van der Waals surface area contributed by atoms with Crippen LogP contribution in [0.2, 0.25) is 0 Å². The summed E-state index contributed by atoms with van der Waals surface area (Å²) in [6.07, 6.45) is 1.62. The second-order valence-corrected chi connectivity index (χ2v) is 2.81. The number of hydrogen-bond acceptors (Lipinski definition) is 3. The van der Waals surface area contributed by atoms with Crippen molar-refractivity contribution in [3.8, 4) is 5.75 Å². The van der Waals surface area contributed by atoms with Gasteiger partial charge in [0.05, 0.1) is 6.61 Å².